The Kier molecular flexibility index (Phi) is 3.78. The molecule has 1 aromatic heterocycles. The molecule has 0 spiro atoms. The molecule has 0 bridgehead atoms. The first kappa shape index (κ1) is 12.1. The molecule has 2 rings (SSSR count). The molecule has 94 valence electrons. The molecule has 0 aromatic carbocycles. The van der Waals surface area contributed by atoms with Crippen molar-refractivity contribution in [1.82, 2.24) is 4.98 Å². The molecule has 0 amide bonds. The Labute approximate surface area is 100 Å². The zero-order chi connectivity index (χ0) is 12.3. The molecule has 5 nitrogen and oxygen atoms in total. The van der Waals surface area contributed by atoms with Crippen molar-refractivity contribution >= 4 is 5.97 Å². The number of rotatable bonds is 6. The molecule has 0 radical (unpaired) electrons. The van der Waals surface area contributed by atoms with Crippen LogP contribution in [0.5, 0.6) is 0 Å². The standard InChI is InChI=1S/C12H17NO4/c1-3-16-12(14)11-10(8-4-5-8)13-9(17-11)6-7-15-2/h8H,3-7H2,1-2H3. The van der Waals surface area contributed by atoms with Crippen LogP contribution in [0.25, 0.3) is 0 Å². The predicted molar refractivity (Wildman–Crippen MR) is 60.0 cm³/mol. The van der Waals surface area contributed by atoms with Gasteiger partial charge in [-0.1, -0.05) is 0 Å². The first-order valence-corrected chi connectivity index (χ1v) is 5.92. The Morgan fingerprint density at radius 2 is 2.29 bits per heavy atom. The molecule has 1 aliphatic carbocycles. The van der Waals surface area contributed by atoms with Crippen molar-refractivity contribution in [1.29, 1.82) is 0 Å². The fourth-order valence-corrected chi connectivity index (χ4v) is 1.65. The summed E-state index contributed by atoms with van der Waals surface area (Å²) in [5.41, 5.74) is 0.759. The summed E-state index contributed by atoms with van der Waals surface area (Å²) in [5, 5.41) is 0. The van der Waals surface area contributed by atoms with Crippen LogP contribution in [0.1, 0.15) is 47.8 Å². The summed E-state index contributed by atoms with van der Waals surface area (Å²) in [4.78, 5) is 16.1. The number of nitrogens with zero attached hydrogens (tertiary/aromatic N) is 1. The number of esters is 1. The van der Waals surface area contributed by atoms with Crippen LogP contribution >= 0.6 is 0 Å². The number of aromatic nitrogens is 1. The second kappa shape index (κ2) is 5.31. The molecule has 1 aromatic rings. The highest BCUT2D eigenvalue weighted by Gasteiger charge is 2.33. The van der Waals surface area contributed by atoms with E-state index in [1.165, 1.54) is 0 Å². The van der Waals surface area contributed by atoms with Gasteiger partial charge >= 0.3 is 5.97 Å². The lowest BCUT2D eigenvalue weighted by atomic mass is 10.2. The minimum atomic E-state index is -0.412. The Bertz CT molecular complexity index is 395. The summed E-state index contributed by atoms with van der Waals surface area (Å²) in [7, 11) is 1.62. The Balaban J connectivity index is 2.16. The molecule has 0 atom stereocenters. The zero-order valence-corrected chi connectivity index (χ0v) is 10.2. The van der Waals surface area contributed by atoms with Gasteiger partial charge < -0.3 is 13.9 Å². The topological polar surface area (TPSA) is 61.6 Å². The van der Waals surface area contributed by atoms with Gasteiger partial charge in [0.1, 0.15) is 0 Å². The molecule has 5 heteroatoms. The lowest BCUT2D eigenvalue weighted by molar-refractivity contribution is 0.0485. The summed E-state index contributed by atoms with van der Waals surface area (Å²) in [5.74, 6) is 0.789. The monoisotopic (exact) mass is 239 g/mol. The summed E-state index contributed by atoms with van der Waals surface area (Å²) in [6.45, 7) is 2.65. The highest BCUT2D eigenvalue weighted by Crippen LogP contribution is 2.41. The molecule has 1 aliphatic rings. The summed E-state index contributed by atoms with van der Waals surface area (Å²) < 4.78 is 15.4. The van der Waals surface area contributed by atoms with E-state index in [9.17, 15) is 4.79 Å². The molecular formula is C12H17NO4. The first-order valence-electron chi connectivity index (χ1n) is 5.92. The SMILES string of the molecule is CCOC(=O)c1oc(CCOC)nc1C1CC1. The molecule has 0 N–H and O–H groups in total. The van der Waals surface area contributed by atoms with Crippen LogP contribution in [-0.2, 0) is 15.9 Å². The second-order valence-electron chi connectivity index (χ2n) is 4.06. The highest BCUT2D eigenvalue weighted by molar-refractivity contribution is 5.87. The number of hydrogen-bond donors (Lipinski definition) is 0. The number of oxazole rings is 1. The van der Waals surface area contributed by atoms with E-state index in [4.69, 9.17) is 13.9 Å². The van der Waals surface area contributed by atoms with Crippen LogP contribution in [0.4, 0.5) is 0 Å². The van der Waals surface area contributed by atoms with Crippen molar-refractivity contribution in [3.05, 3.63) is 17.3 Å². The van der Waals surface area contributed by atoms with Gasteiger partial charge in [0.15, 0.2) is 5.89 Å². The molecule has 0 aliphatic heterocycles. The van der Waals surface area contributed by atoms with E-state index < -0.39 is 5.97 Å². The van der Waals surface area contributed by atoms with Gasteiger partial charge in [-0.2, -0.15) is 0 Å². The van der Waals surface area contributed by atoms with Crippen molar-refractivity contribution in [3.63, 3.8) is 0 Å². The fraction of sp³-hybridized carbons (Fsp3) is 0.667. The van der Waals surface area contributed by atoms with Gasteiger partial charge in [0.05, 0.1) is 18.9 Å². The average molecular weight is 239 g/mol. The van der Waals surface area contributed by atoms with Crippen molar-refractivity contribution in [2.24, 2.45) is 0 Å². The Hall–Kier alpha value is -1.36. The Morgan fingerprint density at radius 1 is 1.53 bits per heavy atom. The predicted octanol–water partition coefficient (Wildman–Crippen LogP) is 1.92. The smallest absolute Gasteiger partial charge is 0.376 e. The number of ether oxygens (including phenoxy) is 2. The maximum absolute atomic E-state index is 11.7. The quantitative estimate of drug-likeness (QED) is 0.710. The molecular weight excluding hydrogens is 222 g/mol. The lowest BCUT2D eigenvalue weighted by Gasteiger charge is -1.98. The minimum absolute atomic E-state index is 0.278. The molecule has 0 saturated heterocycles. The van der Waals surface area contributed by atoms with Crippen LogP contribution in [0.15, 0.2) is 4.42 Å². The van der Waals surface area contributed by atoms with E-state index in [1.54, 1.807) is 14.0 Å². The van der Waals surface area contributed by atoms with Crippen LogP contribution in [-0.4, -0.2) is 31.3 Å². The third kappa shape index (κ3) is 2.85. The molecule has 1 saturated carbocycles. The highest BCUT2D eigenvalue weighted by atomic mass is 16.5. The largest absolute Gasteiger partial charge is 0.460 e. The minimum Gasteiger partial charge on any atom is -0.460 e. The third-order valence-electron chi connectivity index (χ3n) is 2.64. The second-order valence-corrected chi connectivity index (χ2v) is 4.06. The van der Waals surface area contributed by atoms with E-state index in [0.29, 0.717) is 31.4 Å². The van der Waals surface area contributed by atoms with E-state index in [1.807, 2.05) is 0 Å². The van der Waals surface area contributed by atoms with E-state index in [2.05, 4.69) is 4.98 Å². The molecule has 0 unspecified atom stereocenters. The summed E-state index contributed by atoms with van der Waals surface area (Å²) in [6.07, 6.45) is 2.72. The van der Waals surface area contributed by atoms with Gasteiger partial charge in [-0.05, 0) is 19.8 Å². The number of carbonyl (C=O) groups excluding carboxylic acids is 1. The van der Waals surface area contributed by atoms with Crippen LogP contribution in [0, 0.1) is 0 Å². The van der Waals surface area contributed by atoms with Crippen LogP contribution in [0.3, 0.4) is 0 Å². The van der Waals surface area contributed by atoms with Crippen molar-refractivity contribution < 1.29 is 18.7 Å². The van der Waals surface area contributed by atoms with Crippen LogP contribution in [0.2, 0.25) is 0 Å². The fourth-order valence-electron chi connectivity index (χ4n) is 1.65. The lowest BCUT2D eigenvalue weighted by Crippen LogP contribution is -2.05. The van der Waals surface area contributed by atoms with Gasteiger partial charge in [0, 0.05) is 19.4 Å². The number of methoxy groups -OCH3 is 1. The normalized spacial score (nSPS) is 14.9. The van der Waals surface area contributed by atoms with Gasteiger partial charge in [0.2, 0.25) is 5.76 Å². The molecule has 17 heavy (non-hydrogen) atoms. The van der Waals surface area contributed by atoms with Gasteiger partial charge in [-0.3, -0.25) is 0 Å². The average Bonchev–Trinajstić information content (AvgIpc) is 3.07. The van der Waals surface area contributed by atoms with Gasteiger partial charge in [0.25, 0.3) is 0 Å². The Morgan fingerprint density at radius 3 is 2.88 bits per heavy atom. The van der Waals surface area contributed by atoms with E-state index in [0.717, 1.165) is 18.5 Å². The van der Waals surface area contributed by atoms with Crippen molar-refractivity contribution in [3.8, 4) is 0 Å². The first-order chi connectivity index (χ1) is 8.26. The number of hydrogen-bond acceptors (Lipinski definition) is 5. The summed E-state index contributed by atoms with van der Waals surface area (Å²) >= 11 is 0. The maximum Gasteiger partial charge on any atom is 0.376 e. The zero-order valence-electron chi connectivity index (χ0n) is 10.2. The van der Waals surface area contributed by atoms with Gasteiger partial charge in [-0.25, -0.2) is 9.78 Å². The molecule has 1 heterocycles. The van der Waals surface area contributed by atoms with Crippen molar-refractivity contribution in [2.75, 3.05) is 20.3 Å². The van der Waals surface area contributed by atoms with Gasteiger partial charge in [-0.15, -0.1) is 0 Å². The molecule has 1 fully saturated rings. The van der Waals surface area contributed by atoms with Crippen LogP contribution < -0.4 is 0 Å². The maximum atomic E-state index is 11.7. The number of carbonyl (C=O) groups is 1. The van der Waals surface area contributed by atoms with E-state index in [-0.39, 0.29) is 5.76 Å². The summed E-state index contributed by atoms with van der Waals surface area (Å²) in [6, 6.07) is 0. The van der Waals surface area contributed by atoms with Crippen molar-refractivity contribution in [2.45, 2.75) is 32.1 Å². The third-order valence-corrected chi connectivity index (χ3v) is 2.64. The van der Waals surface area contributed by atoms with E-state index >= 15 is 0 Å².